The normalized spacial score (nSPS) is 13.6. The number of hydrogen-bond acceptors (Lipinski definition) is 4. The van der Waals surface area contributed by atoms with Gasteiger partial charge in [-0.1, -0.05) is 25.5 Å². The fraction of sp³-hybridized carbons (Fsp3) is 0.438. The molecule has 0 saturated heterocycles. The van der Waals surface area contributed by atoms with E-state index in [9.17, 15) is 20.1 Å². The van der Waals surface area contributed by atoms with Crippen molar-refractivity contribution in [3.63, 3.8) is 0 Å². The van der Waals surface area contributed by atoms with Crippen LogP contribution < -0.4 is 0 Å². The summed E-state index contributed by atoms with van der Waals surface area (Å²) in [5, 5.41) is 28.9. The van der Waals surface area contributed by atoms with E-state index in [4.69, 9.17) is 0 Å². The third-order valence-electron chi connectivity index (χ3n) is 3.60. The van der Waals surface area contributed by atoms with Crippen molar-refractivity contribution in [1.82, 2.24) is 0 Å². The van der Waals surface area contributed by atoms with Crippen LogP contribution in [0.15, 0.2) is 23.8 Å². The van der Waals surface area contributed by atoms with Crippen molar-refractivity contribution in [1.29, 1.82) is 0 Å². The molecule has 0 radical (unpaired) electrons. The second-order valence-electron chi connectivity index (χ2n) is 5.59. The van der Waals surface area contributed by atoms with Crippen LogP contribution in [0, 0.1) is 5.41 Å². The van der Waals surface area contributed by atoms with Gasteiger partial charge in [-0.05, 0) is 26.7 Å². The predicted molar refractivity (Wildman–Crippen MR) is 78.2 cm³/mol. The number of benzene rings is 1. The third kappa shape index (κ3) is 3.32. The highest BCUT2D eigenvalue weighted by atomic mass is 16.3. The van der Waals surface area contributed by atoms with Crippen molar-refractivity contribution in [2.75, 3.05) is 0 Å². The summed E-state index contributed by atoms with van der Waals surface area (Å²) in [6.45, 7) is 7.61. The molecule has 0 aliphatic rings. The number of hydrogen-bond donors (Lipinski definition) is 3. The number of phenols is 3. The van der Waals surface area contributed by atoms with Gasteiger partial charge in [0.25, 0.3) is 0 Å². The van der Waals surface area contributed by atoms with Crippen LogP contribution in [0.25, 0.3) is 0 Å². The van der Waals surface area contributed by atoms with Crippen LogP contribution in [0.4, 0.5) is 0 Å². The van der Waals surface area contributed by atoms with Crippen LogP contribution in [0.1, 0.15) is 50.9 Å². The summed E-state index contributed by atoms with van der Waals surface area (Å²) in [6, 6.07) is 2.12. The summed E-state index contributed by atoms with van der Waals surface area (Å²) < 4.78 is 0. The number of Topliss-reactive ketones (excluding diaryl/α,β-unsaturated/α-hetero) is 1. The lowest BCUT2D eigenvalue weighted by molar-refractivity contribution is 0.0806. The number of phenolic OH excluding ortho intramolecular Hbond substituents is 3. The molecule has 4 heteroatoms. The Hall–Kier alpha value is -1.97. The van der Waals surface area contributed by atoms with Crippen LogP contribution in [-0.4, -0.2) is 21.1 Å². The zero-order valence-corrected chi connectivity index (χ0v) is 12.4. The first kappa shape index (κ1) is 16.1. The summed E-state index contributed by atoms with van der Waals surface area (Å²) in [5.74, 6) is -1.40. The molecule has 20 heavy (non-hydrogen) atoms. The Kier molecular flexibility index (Phi) is 4.82. The molecule has 1 atom stereocenters. The van der Waals surface area contributed by atoms with Crippen molar-refractivity contribution in [2.24, 2.45) is 5.41 Å². The maximum atomic E-state index is 12.6. The lowest BCUT2D eigenvalue weighted by Gasteiger charge is -2.26. The van der Waals surface area contributed by atoms with E-state index < -0.39 is 16.9 Å². The van der Waals surface area contributed by atoms with E-state index in [1.165, 1.54) is 0 Å². The summed E-state index contributed by atoms with van der Waals surface area (Å²) in [5.41, 5.74) is 0.273. The van der Waals surface area contributed by atoms with Gasteiger partial charge in [0.2, 0.25) is 0 Å². The lowest BCUT2D eigenvalue weighted by atomic mass is 9.76. The van der Waals surface area contributed by atoms with Gasteiger partial charge in [-0.2, -0.15) is 0 Å². The summed E-state index contributed by atoms with van der Waals surface area (Å²) in [7, 11) is 0. The third-order valence-corrected chi connectivity index (χ3v) is 3.60. The van der Waals surface area contributed by atoms with Crippen molar-refractivity contribution in [3.05, 3.63) is 29.3 Å². The topological polar surface area (TPSA) is 77.8 Å². The largest absolute Gasteiger partial charge is 0.508 e. The van der Waals surface area contributed by atoms with E-state index in [0.29, 0.717) is 12.8 Å². The highest BCUT2D eigenvalue weighted by Crippen LogP contribution is 2.39. The van der Waals surface area contributed by atoms with Gasteiger partial charge in [0.05, 0.1) is 0 Å². The molecule has 1 aromatic rings. The van der Waals surface area contributed by atoms with E-state index in [-0.39, 0.29) is 17.1 Å². The SMILES string of the molecule is CCC(C)(CC=C(C)C)C(=O)c1c(O)cc(O)cc1O. The molecular formula is C16H22O4. The smallest absolute Gasteiger partial charge is 0.176 e. The Balaban J connectivity index is 3.24. The van der Waals surface area contributed by atoms with Crippen molar-refractivity contribution in [2.45, 2.75) is 40.5 Å². The molecule has 110 valence electrons. The molecule has 0 saturated carbocycles. The molecule has 0 spiro atoms. The van der Waals surface area contributed by atoms with Gasteiger partial charge < -0.3 is 15.3 Å². The predicted octanol–water partition coefficient (Wildman–Crippen LogP) is 3.76. The van der Waals surface area contributed by atoms with Gasteiger partial charge in [0.15, 0.2) is 5.78 Å². The molecule has 1 aromatic carbocycles. The maximum Gasteiger partial charge on any atom is 0.176 e. The molecule has 0 heterocycles. The molecule has 1 rings (SSSR count). The molecule has 0 amide bonds. The highest BCUT2D eigenvalue weighted by molar-refractivity contribution is 6.05. The molecule has 0 aromatic heterocycles. The Bertz CT molecular complexity index is 518. The van der Waals surface area contributed by atoms with Gasteiger partial charge in [-0.15, -0.1) is 0 Å². The summed E-state index contributed by atoms with van der Waals surface area (Å²) in [4.78, 5) is 12.6. The van der Waals surface area contributed by atoms with Crippen LogP contribution in [0.3, 0.4) is 0 Å². The second kappa shape index (κ2) is 5.99. The minimum atomic E-state index is -0.705. The fourth-order valence-electron chi connectivity index (χ4n) is 1.96. The molecule has 3 N–H and O–H groups in total. The molecule has 0 bridgehead atoms. The molecule has 0 fully saturated rings. The van der Waals surface area contributed by atoms with Crippen molar-refractivity contribution < 1.29 is 20.1 Å². The molecule has 1 unspecified atom stereocenters. The second-order valence-corrected chi connectivity index (χ2v) is 5.59. The van der Waals surface area contributed by atoms with E-state index in [1.807, 2.05) is 26.8 Å². The number of carbonyl (C=O) groups is 1. The number of aromatic hydroxyl groups is 3. The summed E-state index contributed by atoms with van der Waals surface area (Å²) in [6.07, 6.45) is 3.08. The molecule has 0 aliphatic carbocycles. The number of ketones is 1. The molecule has 4 nitrogen and oxygen atoms in total. The Morgan fingerprint density at radius 1 is 1.20 bits per heavy atom. The average Bonchev–Trinajstić information content (AvgIpc) is 2.34. The number of allylic oxidation sites excluding steroid dienone is 2. The van der Waals surface area contributed by atoms with E-state index in [0.717, 1.165) is 17.7 Å². The first-order chi connectivity index (χ1) is 9.21. The summed E-state index contributed by atoms with van der Waals surface area (Å²) >= 11 is 0. The maximum absolute atomic E-state index is 12.6. The van der Waals surface area contributed by atoms with Crippen molar-refractivity contribution in [3.8, 4) is 17.2 Å². The lowest BCUT2D eigenvalue weighted by Crippen LogP contribution is -2.27. The van der Waals surface area contributed by atoms with Gasteiger partial charge in [-0.25, -0.2) is 0 Å². The molecule has 0 aliphatic heterocycles. The monoisotopic (exact) mass is 278 g/mol. The van der Waals surface area contributed by atoms with Gasteiger partial charge >= 0.3 is 0 Å². The number of rotatable bonds is 5. The fourth-order valence-corrected chi connectivity index (χ4v) is 1.96. The van der Waals surface area contributed by atoms with Gasteiger partial charge in [0.1, 0.15) is 22.8 Å². The first-order valence-corrected chi connectivity index (χ1v) is 6.64. The van der Waals surface area contributed by atoms with E-state index in [2.05, 4.69) is 0 Å². The van der Waals surface area contributed by atoms with E-state index in [1.54, 1.807) is 6.92 Å². The van der Waals surface area contributed by atoms with Crippen LogP contribution >= 0.6 is 0 Å². The van der Waals surface area contributed by atoms with Crippen molar-refractivity contribution >= 4 is 5.78 Å². The van der Waals surface area contributed by atoms with Crippen LogP contribution in [0.2, 0.25) is 0 Å². The Morgan fingerprint density at radius 3 is 2.10 bits per heavy atom. The quantitative estimate of drug-likeness (QED) is 0.566. The standard InChI is InChI=1S/C16H22O4/c1-5-16(4,7-6-10(2)3)15(20)14-12(18)8-11(17)9-13(14)19/h6,8-9,17-19H,5,7H2,1-4H3. The minimum Gasteiger partial charge on any atom is -0.508 e. The minimum absolute atomic E-state index is 0.130. The van der Waals surface area contributed by atoms with E-state index >= 15 is 0 Å². The average molecular weight is 278 g/mol. The van der Waals surface area contributed by atoms with Crippen LogP contribution in [-0.2, 0) is 0 Å². The van der Waals surface area contributed by atoms with Gasteiger partial charge in [0, 0.05) is 17.5 Å². The molecular weight excluding hydrogens is 256 g/mol. The van der Waals surface area contributed by atoms with Gasteiger partial charge in [-0.3, -0.25) is 4.79 Å². The highest BCUT2D eigenvalue weighted by Gasteiger charge is 2.34. The zero-order chi connectivity index (χ0) is 15.5. The number of carbonyl (C=O) groups excluding carboxylic acids is 1. The zero-order valence-electron chi connectivity index (χ0n) is 12.4. The first-order valence-electron chi connectivity index (χ1n) is 6.64. The van der Waals surface area contributed by atoms with Crippen LogP contribution in [0.5, 0.6) is 17.2 Å². The Labute approximate surface area is 119 Å². The Morgan fingerprint density at radius 2 is 1.70 bits per heavy atom.